The quantitative estimate of drug-likeness (QED) is 0.815. The number of nitrogens with one attached hydrogen (secondary N) is 1. The van der Waals surface area contributed by atoms with E-state index >= 15 is 0 Å². The van der Waals surface area contributed by atoms with E-state index in [9.17, 15) is 5.11 Å². The van der Waals surface area contributed by atoms with Crippen LogP contribution in [0.5, 0.6) is 0 Å². The van der Waals surface area contributed by atoms with E-state index in [1.54, 1.807) is 0 Å². The molecule has 1 saturated heterocycles. The lowest BCUT2D eigenvalue weighted by molar-refractivity contribution is 0.00282. The summed E-state index contributed by atoms with van der Waals surface area (Å²) < 4.78 is 0. The maximum Gasteiger partial charge on any atom is 0.0675 e. The molecule has 1 aromatic carbocycles. The highest BCUT2D eigenvalue weighted by Crippen LogP contribution is 2.24. The molecule has 1 aliphatic heterocycles. The van der Waals surface area contributed by atoms with Crippen LogP contribution in [0.15, 0.2) is 24.3 Å². The first-order chi connectivity index (χ1) is 7.68. The number of aryl methyl sites for hydroxylation is 2. The van der Waals surface area contributed by atoms with Gasteiger partial charge in [0.15, 0.2) is 0 Å². The molecule has 1 aromatic rings. The van der Waals surface area contributed by atoms with Crippen molar-refractivity contribution < 1.29 is 5.11 Å². The molecule has 1 fully saturated rings. The van der Waals surface area contributed by atoms with Gasteiger partial charge in [0.05, 0.1) is 5.60 Å². The Morgan fingerprint density at radius 1 is 1.19 bits per heavy atom. The average Bonchev–Trinajstić information content (AvgIpc) is 2.29. The van der Waals surface area contributed by atoms with Crippen molar-refractivity contribution in [3.63, 3.8) is 0 Å². The first kappa shape index (κ1) is 11.6. The molecule has 0 unspecified atom stereocenters. The fourth-order valence-electron chi connectivity index (χ4n) is 2.27. The molecule has 0 aromatic heterocycles. The Morgan fingerprint density at radius 3 is 2.44 bits per heavy atom. The van der Waals surface area contributed by atoms with Crippen LogP contribution < -0.4 is 5.32 Å². The van der Waals surface area contributed by atoms with Crippen LogP contribution in [-0.4, -0.2) is 23.8 Å². The molecule has 0 aliphatic carbocycles. The molecule has 2 nitrogen and oxygen atoms in total. The first-order valence-electron chi connectivity index (χ1n) is 6.17. The SMILES string of the molecule is Cc1ccc(CCC2(O)CCNCC2)cc1. The van der Waals surface area contributed by atoms with Gasteiger partial charge in [0.25, 0.3) is 0 Å². The second-order valence-electron chi connectivity index (χ2n) is 4.96. The van der Waals surface area contributed by atoms with Crippen molar-refractivity contribution in [2.45, 2.75) is 38.2 Å². The smallest absolute Gasteiger partial charge is 0.0675 e. The summed E-state index contributed by atoms with van der Waals surface area (Å²) in [5.41, 5.74) is 2.19. The molecule has 2 N–H and O–H groups in total. The summed E-state index contributed by atoms with van der Waals surface area (Å²) in [5.74, 6) is 0. The van der Waals surface area contributed by atoms with Crippen molar-refractivity contribution in [3.05, 3.63) is 35.4 Å². The van der Waals surface area contributed by atoms with Crippen molar-refractivity contribution in [3.8, 4) is 0 Å². The zero-order valence-corrected chi connectivity index (χ0v) is 10.00. The Labute approximate surface area is 97.7 Å². The van der Waals surface area contributed by atoms with Gasteiger partial charge in [0, 0.05) is 0 Å². The lowest BCUT2D eigenvalue weighted by atomic mass is 9.86. The van der Waals surface area contributed by atoms with Crippen molar-refractivity contribution in [1.29, 1.82) is 0 Å². The molecule has 1 heterocycles. The van der Waals surface area contributed by atoms with Crippen molar-refractivity contribution in [2.75, 3.05) is 13.1 Å². The lowest BCUT2D eigenvalue weighted by Gasteiger charge is -2.32. The minimum absolute atomic E-state index is 0.434. The number of hydrogen-bond acceptors (Lipinski definition) is 2. The summed E-state index contributed by atoms with van der Waals surface area (Å²) >= 11 is 0. The monoisotopic (exact) mass is 219 g/mol. The third kappa shape index (κ3) is 3.06. The van der Waals surface area contributed by atoms with Crippen LogP contribution in [0, 0.1) is 6.92 Å². The molecule has 2 heteroatoms. The van der Waals surface area contributed by atoms with Crippen LogP contribution in [0.2, 0.25) is 0 Å². The zero-order valence-electron chi connectivity index (χ0n) is 10.00. The maximum atomic E-state index is 10.3. The molecule has 16 heavy (non-hydrogen) atoms. The largest absolute Gasteiger partial charge is 0.390 e. The van der Waals surface area contributed by atoms with Crippen molar-refractivity contribution in [2.24, 2.45) is 0 Å². The van der Waals surface area contributed by atoms with E-state index in [2.05, 4.69) is 36.5 Å². The summed E-state index contributed by atoms with van der Waals surface area (Å²) in [5, 5.41) is 13.6. The van der Waals surface area contributed by atoms with Gasteiger partial charge in [-0.3, -0.25) is 0 Å². The predicted octanol–water partition coefficient (Wildman–Crippen LogP) is 2.04. The molecule has 0 bridgehead atoms. The summed E-state index contributed by atoms with van der Waals surface area (Å²) in [6.07, 6.45) is 3.65. The van der Waals surface area contributed by atoms with E-state index in [0.29, 0.717) is 0 Å². The van der Waals surface area contributed by atoms with Gasteiger partial charge in [0.2, 0.25) is 0 Å². The number of rotatable bonds is 3. The van der Waals surface area contributed by atoms with E-state index in [0.717, 1.165) is 38.8 Å². The van der Waals surface area contributed by atoms with Crippen LogP contribution in [-0.2, 0) is 6.42 Å². The van der Waals surface area contributed by atoms with Gasteiger partial charge < -0.3 is 10.4 Å². The molecule has 1 aliphatic rings. The first-order valence-corrected chi connectivity index (χ1v) is 6.17. The zero-order chi connectivity index (χ0) is 11.4. The van der Waals surface area contributed by atoms with Gasteiger partial charge in [-0.05, 0) is 51.3 Å². The Morgan fingerprint density at radius 2 is 1.81 bits per heavy atom. The highest BCUT2D eigenvalue weighted by molar-refractivity contribution is 5.21. The standard InChI is InChI=1S/C14H21NO/c1-12-2-4-13(5-3-12)6-7-14(16)8-10-15-11-9-14/h2-5,15-16H,6-11H2,1H3. The number of benzene rings is 1. The fourth-order valence-corrected chi connectivity index (χ4v) is 2.27. The summed E-state index contributed by atoms with van der Waals surface area (Å²) in [4.78, 5) is 0. The molecule has 0 spiro atoms. The van der Waals surface area contributed by atoms with Gasteiger partial charge >= 0.3 is 0 Å². The highest BCUT2D eigenvalue weighted by Gasteiger charge is 2.28. The van der Waals surface area contributed by atoms with Crippen LogP contribution in [0.4, 0.5) is 0 Å². The molecule has 0 amide bonds. The van der Waals surface area contributed by atoms with Gasteiger partial charge in [-0.1, -0.05) is 29.8 Å². The van der Waals surface area contributed by atoms with E-state index in [1.807, 2.05) is 0 Å². The van der Waals surface area contributed by atoms with Crippen LogP contribution in [0.3, 0.4) is 0 Å². The Hall–Kier alpha value is -0.860. The Kier molecular flexibility index (Phi) is 3.62. The maximum absolute atomic E-state index is 10.3. The Bertz CT molecular complexity index is 325. The van der Waals surface area contributed by atoms with Crippen molar-refractivity contribution in [1.82, 2.24) is 5.32 Å². The van der Waals surface area contributed by atoms with Gasteiger partial charge in [0.1, 0.15) is 0 Å². The van der Waals surface area contributed by atoms with Gasteiger partial charge in [-0.2, -0.15) is 0 Å². The number of piperidine rings is 1. The van der Waals surface area contributed by atoms with E-state index in [4.69, 9.17) is 0 Å². The molecule has 0 radical (unpaired) electrons. The van der Waals surface area contributed by atoms with Gasteiger partial charge in [-0.15, -0.1) is 0 Å². The topological polar surface area (TPSA) is 32.3 Å². The summed E-state index contributed by atoms with van der Waals surface area (Å²) in [7, 11) is 0. The summed E-state index contributed by atoms with van der Waals surface area (Å²) in [6, 6.07) is 8.61. The van der Waals surface area contributed by atoms with Crippen LogP contribution in [0.25, 0.3) is 0 Å². The molecular formula is C14H21NO. The van der Waals surface area contributed by atoms with Crippen LogP contribution in [0.1, 0.15) is 30.4 Å². The second-order valence-corrected chi connectivity index (χ2v) is 4.96. The lowest BCUT2D eigenvalue weighted by Crippen LogP contribution is -2.42. The van der Waals surface area contributed by atoms with Gasteiger partial charge in [-0.25, -0.2) is 0 Å². The van der Waals surface area contributed by atoms with Crippen LogP contribution >= 0.6 is 0 Å². The third-order valence-electron chi connectivity index (χ3n) is 3.53. The fraction of sp³-hybridized carbons (Fsp3) is 0.571. The Balaban J connectivity index is 1.88. The van der Waals surface area contributed by atoms with Crippen molar-refractivity contribution >= 4 is 0 Å². The van der Waals surface area contributed by atoms with E-state index in [1.165, 1.54) is 11.1 Å². The molecular weight excluding hydrogens is 198 g/mol. The third-order valence-corrected chi connectivity index (χ3v) is 3.53. The minimum Gasteiger partial charge on any atom is -0.390 e. The number of aliphatic hydroxyl groups is 1. The summed E-state index contributed by atoms with van der Waals surface area (Å²) in [6.45, 7) is 4.00. The molecule has 0 saturated carbocycles. The van der Waals surface area contributed by atoms with E-state index in [-0.39, 0.29) is 0 Å². The highest BCUT2D eigenvalue weighted by atomic mass is 16.3. The normalized spacial score (nSPS) is 19.6. The molecule has 2 rings (SSSR count). The minimum atomic E-state index is -0.434. The average molecular weight is 219 g/mol. The second kappa shape index (κ2) is 4.98. The number of hydrogen-bond donors (Lipinski definition) is 2. The molecule has 88 valence electrons. The predicted molar refractivity (Wildman–Crippen MR) is 66.6 cm³/mol. The molecule has 0 atom stereocenters. The van der Waals surface area contributed by atoms with E-state index < -0.39 is 5.60 Å².